The zero-order chi connectivity index (χ0) is 19.8. The fourth-order valence-corrected chi connectivity index (χ4v) is 2.60. The van der Waals surface area contributed by atoms with Crippen molar-refractivity contribution in [2.75, 3.05) is 13.7 Å². The summed E-state index contributed by atoms with van der Waals surface area (Å²) >= 11 is 0. The predicted molar refractivity (Wildman–Crippen MR) is 104 cm³/mol. The Balaban J connectivity index is 1.36. The van der Waals surface area contributed by atoms with E-state index in [9.17, 15) is 9.59 Å². The highest BCUT2D eigenvalue weighted by Crippen LogP contribution is 2.28. The van der Waals surface area contributed by atoms with Gasteiger partial charge in [-0.3, -0.25) is 9.59 Å². The molecule has 148 valence electrons. The van der Waals surface area contributed by atoms with Gasteiger partial charge in [-0.1, -0.05) is 12.1 Å². The lowest BCUT2D eigenvalue weighted by Gasteiger charge is -2.08. The van der Waals surface area contributed by atoms with Gasteiger partial charge in [0.15, 0.2) is 0 Å². The minimum absolute atomic E-state index is 0.0441. The standard InChI is InChI=1S/C21H25N3O4/c1-27-17-4-2-5-18(12-17)28-20-10-7-15(14-24-20)13-23-19(25)6-3-11-22-21(26)16-8-9-16/h2,4-5,7,10,12,14,16H,3,6,8-9,11,13H2,1H3,(H,22,26)(H,23,25). The topological polar surface area (TPSA) is 89.5 Å². The average molecular weight is 383 g/mol. The van der Waals surface area contributed by atoms with Crippen LogP contribution in [-0.2, 0) is 16.1 Å². The van der Waals surface area contributed by atoms with Crippen LogP contribution in [0, 0.1) is 5.92 Å². The lowest BCUT2D eigenvalue weighted by molar-refractivity contribution is -0.123. The van der Waals surface area contributed by atoms with Crippen LogP contribution in [0.2, 0.25) is 0 Å². The molecule has 7 heteroatoms. The van der Waals surface area contributed by atoms with E-state index in [1.807, 2.05) is 24.3 Å². The van der Waals surface area contributed by atoms with Gasteiger partial charge in [-0.15, -0.1) is 0 Å². The number of pyridine rings is 1. The first-order valence-corrected chi connectivity index (χ1v) is 9.45. The van der Waals surface area contributed by atoms with Crippen LogP contribution in [0.15, 0.2) is 42.6 Å². The molecule has 2 amide bonds. The number of rotatable bonds is 10. The third kappa shape index (κ3) is 6.26. The molecule has 7 nitrogen and oxygen atoms in total. The summed E-state index contributed by atoms with van der Waals surface area (Å²) in [6.07, 6.45) is 4.67. The SMILES string of the molecule is COc1cccc(Oc2ccc(CNC(=O)CCCNC(=O)C3CC3)cn2)c1. The third-order valence-corrected chi connectivity index (χ3v) is 4.38. The number of amides is 2. The van der Waals surface area contributed by atoms with Crippen LogP contribution >= 0.6 is 0 Å². The highest BCUT2D eigenvalue weighted by atomic mass is 16.5. The summed E-state index contributed by atoms with van der Waals surface area (Å²) in [5.41, 5.74) is 0.883. The molecule has 0 spiro atoms. The monoisotopic (exact) mass is 383 g/mol. The highest BCUT2D eigenvalue weighted by Gasteiger charge is 2.28. The summed E-state index contributed by atoms with van der Waals surface area (Å²) in [5.74, 6) is 2.10. The van der Waals surface area contributed by atoms with E-state index in [0.29, 0.717) is 43.3 Å². The molecule has 0 radical (unpaired) electrons. The maximum Gasteiger partial charge on any atom is 0.223 e. The van der Waals surface area contributed by atoms with Crippen molar-refractivity contribution in [1.82, 2.24) is 15.6 Å². The van der Waals surface area contributed by atoms with Gasteiger partial charge in [-0.2, -0.15) is 0 Å². The summed E-state index contributed by atoms with van der Waals surface area (Å²) < 4.78 is 10.9. The summed E-state index contributed by atoms with van der Waals surface area (Å²) in [6.45, 7) is 0.945. The number of hydrogen-bond acceptors (Lipinski definition) is 5. The van der Waals surface area contributed by atoms with Crippen LogP contribution in [0.5, 0.6) is 17.4 Å². The predicted octanol–water partition coefficient (Wildman–Crippen LogP) is 2.81. The Bertz CT molecular complexity index is 804. The second-order valence-corrected chi connectivity index (χ2v) is 6.73. The van der Waals surface area contributed by atoms with Crippen LogP contribution in [0.3, 0.4) is 0 Å². The zero-order valence-electron chi connectivity index (χ0n) is 15.9. The Morgan fingerprint density at radius 1 is 1.14 bits per heavy atom. The van der Waals surface area contributed by atoms with E-state index >= 15 is 0 Å². The highest BCUT2D eigenvalue weighted by molar-refractivity contribution is 5.81. The van der Waals surface area contributed by atoms with E-state index in [-0.39, 0.29) is 17.7 Å². The molecule has 1 aliphatic carbocycles. The lowest BCUT2D eigenvalue weighted by atomic mass is 10.2. The molecular formula is C21H25N3O4. The molecule has 1 aliphatic rings. The Kier molecular flexibility index (Phi) is 6.84. The Morgan fingerprint density at radius 3 is 2.68 bits per heavy atom. The van der Waals surface area contributed by atoms with E-state index in [1.54, 1.807) is 25.4 Å². The molecule has 1 heterocycles. The number of methoxy groups -OCH3 is 1. The largest absolute Gasteiger partial charge is 0.497 e. The molecule has 1 saturated carbocycles. The van der Waals surface area contributed by atoms with Crippen LogP contribution in [0.25, 0.3) is 0 Å². The van der Waals surface area contributed by atoms with Crippen LogP contribution in [-0.4, -0.2) is 30.5 Å². The Labute approximate surface area is 164 Å². The lowest BCUT2D eigenvalue weighted by Crippen LogP contribution is -2.28. The summed E-state index contributed by atoms with van der Waals surface area (Å²) in [5, 5.41) is 5.71. The summed E-state index contributed by atoms with van der Waals surface area (Å²) in [7, 11) is 1.60. The average Bonchev–Trinajstić information content (AvgIpc) is 3.56. The molecule has 2 aromatic rings. The molecule has 0 aliphatic heterocycles. The van der Waals surface area contributed by atoms with Crippen molar-refractivity contribution in [3.63, 3.8) is 0 Å². The third-order valence-electron chi connectivity index (χ3n) is 4.38. The number of carbonyl (C=O) groups is 2. The van der Waals surface area contributed by atoms with E-state index in [2.05, 4.69) is 15.6 Å². The van der Waals surface area contributed by atoms with Crippen LogP contribution < -0.4 is 20.1 Å². The van der Waals surface area contributed by atoms with E-state index in [1.165, 1.54) is 0 Å². The maximum absolute atomic E-state index is 11.9. The van der Waals surface area contributed by atoms with Gasteiger partial charge in [-0.25, -0.2) is 4.98 Å². The second kappa shape index (κ2) is 9.73. The molecule has 1 aromatic heterocycles. The quantitative estimate of drug-likeness (QED) is 0.616. The van der Waals surface area contributed by atoms with Crippen molar-refractivity contribution in [1.29, 1.82) is 0 Å². The van der Waals surface area contributed by atoms with E-state index in [0.717, 1.165) is 18.4 Å². The van der Waals surface area contributed by atoms with Crippen LogP contribution in [0.4, 0.5) is 0 Å². The first kappa shape index (κ1) is 19.7. The van der Waals surface area contributed by atoms with Gasteiger partial charge in [0.25, 0.3) is 0 Å². The molecule has 1 fully saturated rings. The molecule has 0 atom stereocenters. The minimum atomic E-state index is -0.0441. The van der Waals surface area contributed by atoms with Crippen molar-refractivity contribution in [2.45, 2.75) is 32.2 Å². The van der Waals surface area contributed by atoms with Gasteiger partial charge < -0.3 is 20.1 Å². The number of benzene rings is 1. The molecule has 28 heavy (non-hydrogen) atoms. The van der Waals surface area contributed by atoms with Gasteiger partial charge in [0.1, 0.15) is 11.5 Å². The number of nitrogens with zero attached hydrogens (tertiary/aromatic N) is 1. The van der Waals surface area contributed by atoms with Crippen molar-refractivity contribution >= 4 is 11.8 Å². The Morgan fingerprint density at radius 2 is 1.96 bits per heavy atom. The van der Waals surface area contributed by atoms with Gasteiger partial charge in [-0.05, 0) is 37.0 Å². The number of carbonyl (C=O) groups excluding carboxylic acids is 2. The van der Waals surface area contributed by atoms with Crippen molar-refractivity contribution < 1.29 is 19.1 Å². The van der Waals surface area contributed by atoms with Gasteiger partial charge in [0, 0.05) is 43.8 Å². The zero-order valence-corrected chi connectivity index (χ0v) is 15.9. The first-order valence-electron chi connectivity index (χ1n) is 9.45. The number of nitrogens with one attached hydrogen (secondary N) is 2. The molecule has 2 N–H and O–H groups in total. The molecule has 3 rings (SSSR count). The number of aromatic nitrogens is 1. The van der Waals surface area contributed by atoms with Gasteiger partial charge in [0.2, 0.25) is 17.7 Å². The molecule has 0 unspecified atom stereocenters. The minimum Gasteiger partial charge on any atom is -0.497 e. The van der Waals surface area contributed by atoms with Crippen molar-refractivity contribution in [3.05, 3.63) is 48.2 Å². The molecular weight excluding hydrogens is 358 g/mol. The molecule has 0 bridgehead atoms. The fraction of sp³-hybridized carbons (Fsp3) is 0.381. The normalized spacial score (nSPS) is 12.9. The van der Waals surface area contributed by atoms with Crippen molar-refractivity contribution in [3.8, 4) is 17.4 Å². The van der Waals surface area contributed by atoms with Crippen LogP contribution in [0.1, 0.15) is 31.2 Å². The van der Waals surface area contributed by atoms with Gasteiger partial charge >= 0.3 is 0 Å². The van der Waals surface area contributed by atoms with E-state index < -0.39 is 0 Å². The second-order valence-electron chi connectivity index (χ2n) is 6.73. The summed E-state index contributed by atoms with van der Waals surface area (Å²) in [6, 6.07) is 10.9. The number of ether oxygens (including phenoxy) is 2. The molecule has 0 saturated heterocycles. The Hall–Kier alpha value is -3.09. The number of hydrogen-bond donors (Lipinski definition) is 2. The van der Waals surface area contributed by atoms with E-state index in [4.69, 9.17) is 9.47 Å². The first-order chi connectivity index (χ1) is 13.6. The smallest absolute Gasteiger partial charge is 0.223 e. The van der Waals surface area contributed by atoms with Crippen molar-refractivity contribution in [2.24, 2.45) is 5.92 Å². The fourth-order valence-electron chi connectivity index (χ4n) is 2.60. The molecule has 1 aromatic carbocycles. The summed E-state index contributed by atoms with van der Waals surface area (Å²) in [4.78, 5) is 27.7. The maximum atomic E-state index is 11.9. The van der Waals surface area contributed by atoms with Gasteiger partial charge in [0.05, 0.1) is 7.11 Å².